The number of hydrogen-bond acceptors (Lipinski definition) is 6. The summed E-state index contributed by atoms with van der Waals surface area (Å²) in [7, 11) is 0. The predicted molar refractivity (Wildman–Crippen MR) is 116 cm³/mol. The van der Waals surface area contributed by atoms with Crippen LogP contribution in [0.5, 0.6) is 0 Å². The Labute approximate surface area is 176 Å². The second-order valence-corrected chi connectivity index (χ2v) is 8.23. The summed E-state index contributed by atoms with van der Waals surface area (Å²) in [6.45, 7) is 1.23. The van der Waals surface area contributed by atoms with Gasteiger partial charge in [0.05, 0.1) is 16.1 Å². The standard InChI is InChI=1S/C23H19N3O3S/c27-19-13-21(29-20-4-2-1-3-17(19)20)23(28)26-11-7-16(8-12-26)22-25-18(14-30-22)15-5-9-24-10-6-15/h1-6,9-10,13-14,16H,7-8,11-12H2. The summed E-state index contributed by atoms with van der Waals surface area (Å²) in [6.07, 6.45) is 5.22. The van der Waals surface area contributed by atoms with Crippen LogP contribution in [0.25, 0.3) is 22.2 Å². The molecular formula is C23H19N3O3S. The van der Waals surface area contributed by atoms with E-state index < -0.39 is 0 Å². The van der Waals surface area contributed by atoms with Gasteiger partial charge in [-0.15, -0.1) is 11.3 Å². The maximum atomic E-state index is 12.9. The van der Waals surface area contributed by atoms with Crippen LogP contribution in [0.3, 0.4) is 0 Å². The molecule has 4 heterocycles. The summed E-state index contributed by atoms with van der Waals surface area (Å²) in [5.41, 5.74) is 2.27. The lowest BCUT2D eigenvalue weighted by Gasteiger charge is -2.30. The quantitative estimate of drug-likeness (QED) is 0.496. The van der Waals surface area contributed by atoms with E-state index in [1.54, 1.807) is 52.9 Å². The molecule has 3 aromatic heterocycles. The van der Waals surface area contributed by atoms with E-state index in [0.717, 1.165) is 29.1 Å². The van der Waals surface area contributed by atoms with Crippen LogP contribution in [0.15, 0.2) is 69.5 Å². The normalized spacial score (nSPS) is 14.9. The monoisotopic (exact) mass is 417 g/mol. The number of carbonyl (C=O) groups excluding carboxylic acids is 1. The van der Waals surface area contributed by atoms with Crippen LogP contribution in [0.1, 0.15) is 34.3 Å². The maximum absolute atomic E-state index is 12.9. The first kappa shape index (κ1) is 18.7. The van der Waals surface area contributed by atoms with Gasteiger partial charge in [-0.25, -0.2) is 4.98 Å². The van der Waals surface area contributed by atoms with Gasteiger partial charge in [-0.3, -0.25) is 14.6 Å². The summed E-state index contributed by atoms with van der Waals surface area (Å²) in [5, 5.41) is 3.67. The van der Waals surface area contributed by atoms with Crippen molar-refractivity contribution in [2.24, 2.45) is 0 Å². The molecule has 0 atom stereocenters. The molecule has 1 aliphatic heterocycles. The number of nitrogens with zero attached hydrogens (tertiary/aromatic N) is 3. The van der Waals surface area contributed by atoms with E-state index in [1.165, 1.54) is 6.07 Å². The van der Waals surface area contributed by atoms with Gasteiger partial charge in [0.2, 0.25) is 0 Å². The minimum Gasteiger partial charge on any atom is -0.451 e. The first-order valence-corrected chi connectivity index (χ1v) is 10.7. The average molecular weight is 417 g/mol. The summed E-state index contributed by atoms with van der Waals surface area (Å²) in [6, 6.07) is 12.2. The molecular weight excluding hydrogens is 398 g/mol. The third kappa shape index (κ3) is 3.52. The number of pyridine rings is 1. The van der Waals surface area contributed by atoms with E-state index in [9.17, 15) is 9.59 Å². The van der Waals surface area contributed by atoms with Crippen LogP contribution in [0.4, 0.5) is 0 Å². The molecule has 0 spiro atoms. The number of rotatable bonds is 3. The molecule has 4 aromatic rings. The SMILES string of the molecule is O=C(c1cc(=O)c2ccccc2o1)N1CCC(c2nc(-c3ccncc3)cs2)CC1. The molecule has 150 valence electrons. The molecule has 0 saturated carbocycles. The zero-order valence-electron chi connectivity index (χ0n) is 16.2. The number of amides is 1. The van der Waals surface area contributed by atoms with Crippen molar-refractivity contribution >= 4 is 28.2 Å². The predicted octanol–water partition coefficient (Wildman–Crippen LogP) is 4.33. The second-order valence-electron chi connectivity index (χ2n) is 7.34. The zero-order valence-corrected chi connectivity index (χ0v) is 17.0. The van der Waals surface area contributed by atoms with Crippen molar-refractivity contribution in [2.45, 2.75) is 18.8 Å². The smallest absolute Gasteiger partial charge is 0.289 e. The molecule has 6 nitrogen and oxygen atoms in total. The molecule has 0 unspecified atom stereocenters. The number of hydrogen-bond donors (Lipinski definition) is 0. The van der Waals surface area contributed by atoms with E-state index in [-0.39, 0.29) is 17.1 Å². The van der Waals surface area contributed by atoms with E-state index in [4.69, 9.17) is 9.40 Å². The van der Waals surface area contributed by atoms with Crippen molar-refractivity contribution in [1.29, 1.82) is 0 Å². The number of benzene rings is 1. The van der Waals surface area contributed by atoms with E-state index in [2.05, 4.69) is 10.4 Å². The highest BCUT2D eigenvalue weighted by molar-refractivity contribution is 7.10. The Balaban J connectivity index is 1.29. The number of carbonyl (C=O) groups is 1. The molecule has 30 heavy (non-hydrogen) atoms. The summed E-state index contributed by atoms with van der Waals surface area (Å²) >= 11 is 1.67. The van der Waals surface area contributed by atoms with E-state index >= 15 is 0 Å². The number of aromatic nitrogens is 2. The van der Waals surface area contributed by atoms with Crippen LogP contribution in [-0.4, -0.2) is 33.9 Å². The lowest BCUT2D eigenvalue weighted by molar-refractivity contribution is 0.0681. The Morgan fingerprint density at radius 2 is 1.87 bits per heavy atom. The first-order valence-electron chi connectivity index (χ1n) is 9.87. The number of fused-ring (bicyclic) bond motifs is 1. The fourth-order valence-electron chi connectivity index (χ4n) is 3.83. The van der Waals surface area contributed by atoms with Crippen LogP contribution < -0.4 is 5.43 Å². The molecule has 0 radical (unpaired) electrons. The third-order valence-electron chi connectivity index (χ3n) is 5.47. The van der Waals surface area contributed by atoms with Crippen molar-refractivity contribution in [3.63, 3.8) is 0 Å². The minimum atomic E-state index is -0.229. The van der Waals surface area contributed by atoms with Crippen molar-refractivity contribution in [3.05, 3.63) is 81.2 Å². The molecule has 1 saturated heterocycles. The van der Waals surface area contributed by atoms with Gasteiger partial charge >= 0.3 is 0 Å². The summed E-state index contributed by atoms with van der Waals surface area (Å²) in [5.74, 6) is 0.206. The Kier molecular flexibility index (Phi) is 4.88. The van der Waals surface area contributed by atoms with Gasteiger partial charge in [-0.1, -0.05) is 12.1 Å². The first-order chi connectivity index (χ1) is 14.7. The molecule has 1 amide bonds. The molecule has 0 N–H and O–H groups in total. The van der Waals surface area contributed by atoms with Gasteiger partial charge in [0.25, 0.3) is 5.91 Å². The lowest BCUT2D eigenvalue weighted by Crippen LogP contribution is -2.38. The van der Waals surface area contributed by atoms with Crippen molar-refractivity contribution < 1.29 is 9.21 Å². The van der Waals surface area contributed by atoms with Gasteiger partial charge in [-0.2, -0.15) is 0 Å². The minimum absolute atomic E-state index is 0.103. The molecule has 7 heteroatoms. The van der Waals surface area contributed by atoms with E-state index in [1.807, 2.05) is 12.1 Å². The number of para-hydroxylation sites is 1. The second kappa shape index (κ2) is 7.84. The molecule has 0 aliphatic carbocycles. The Bertz CT molecular complexity index is 1260. The zero-order chi connectivity index (χ0) is 20.5. The average Bonchev–Trinajstić information content (AvgIpc) is 3.30. The highest BCUT2D eigenvalue weighted by atomic mass is 32.1. The topological polar surface area (TPSA) is 76.3 Å². The fraction of sp³-hybridized carbons (Fsp3) is 0.217. The van der Waals surface area contributed by atoms with Crippen LogP contribution in [0.2, 0.25) is 0 Å². The van der Waals surface area contributed by atoms with E-state index in [0.29, 0.717) is 30.0 Å². The molecule has 0 bridgehead atoms. The van der Waals surface area contributed by atoms with Gasteiger partial charge < -0.3 is 9.32 Å². The Morgan fingerprint density at radius 1 is 1.10 bits per heavy atom. The molecule has 1 aromatic carbocycles. The van der Waals surface area contributed by atoms with Crippen LogP contribution in [0, 0.1) is 0 Å². The van der Waals surface area contributed by atoms with Crippen molar-refractivity contribution in [3.8, 4) is 11.3 Å². The van der Waals surface area contributed by atoms with Crippen molar-refractivity contribution in [2.75, 3.05) is 13.1 Å². The van der Waals surface area contributed by atoms with Gasteiger partial charge in [0, 0.05) is 48.4 Å². The largest absolute Gasteiger partial charge is 0.451 e. The van der Waals surface area contributed by atoms with Crippen LogP contribution >= 0.6 is 11.3 Å². The Morgan fingerprint density at radius 3 is 2.67 bits per heavy atom. The molecule has 1 aliphatic rings. The lowest BCUT2D eigenvalue weighted by atomic mass is 9.97. The number of likely N-dealkylation sites (tertiary alicyclic amines) is 1. The van der Waals surface area contributed by atoms with Gasteiger partial charge in [-0.05, 0) is 37.1 Å². The highest BCUT2D eigenvalue weighted by Gasteiger charge is 2.28. The number of piperidine rings is 1. The molecule has 1 fully saturated rings. The maximum Gasteiger partial charge on any atom is 0.289 e. The van der Waals surface area contributed by atoms with Gasteiger partial charge in [0.15, 0.2) is 11.2 Å². The molecule has 5 rings (SSSR count). The van der Waals surface area contributed by atoms with Crippen LogP contribution in [-0.2, 0) is 0 Å². The van der Waals surface area contributed by atoms with Gasteiger partial charge in [0.1, 0.15) is 5.58 Å². The summed E-state index contributed by atoms with van der Waals surface area (Å²) < 4.78 is 5.71. The summed E-state index contributed by atoms with van der Waals surface area (Å²) in [4.78, 5) is 35.8. The Hall–Kier alpha value is -3.32. The number of thiazole rings is 1. The third-order valence-corrected chi connectivity index (χ3v) is 6.48. The highest BCUT2D eigenvalue weighted by Crippen LogP contribution is 2.33. The fourth-order valence-corrected chi connectivity index (χ4v) is 4.83. The van der Waals surface area contributed by atoms with Crippen molar-refractivity contribution in [1.82, 2.24) is 14.9 Å².